The SMILES string of the molecule is O=C(Nc1cncc(-c2ccc3[nH]nc(-c4nc5c(C6C=CN=CC6)cncc5[nH]4)c3c2)c1)C1CC1. The summed E-state index contributed by atoms with van der Waals surface area (Å²) in [7, 11) is 0. The molecular weight excluding hydrogens is 452 g/mol. The van der Waals surface area contributed by atoms with Crippen LogP contribution >= 0.6 is 0 Å². The Morgan fingerprint density at radius 2 is 1.92 bits per heavy atom. The molecule has 1 aliphatic carbocycles. The van der Waals surface area contributed by atoms with Crippen molar-refractivity contribution < 1.29 is 4.79 Å². The van der Waals surface area contributed by atoms with Crippen LogP contribution in [0.2, 0.25) is 0 Å². The van der Waals surface area contributed by atoms with Gasteiger partial charge in [0.1, 0.15) is 5.69 Å². The number of aromatic nitrogens is 6. The predicted molar refractivity (Wildman–Crippen MR) is 139 cm³/mol. The first-order valence-electron chi connectivity index (χ1n) is 12.0. The number of aliphatic imine (C=N–C) groups is 1. The summed E-state index contributed by atoms with van der Waals surface area (Å²) in [6.45, 7) is 0. The molecule has 9 heteroatoms. The number of benzene rings is 1. The van der Waals surface area contributed by atoms with Gasteiger partial charge in [-0.15, -0.1) is 0 Å². The Balaban J connectivity index is 1.26. The average molecular weight is 475 g/mol. The second kappa shape index (κ2) is 8.23. The van der Waals surface area contributed by atoms with Crippen LogP contribution in [-0.4, -0.2) is 42.3 Å². The maximum absolute atomic E-state index is 12.2. The van der Waals surface area contributed by atoms with Gasteiger partial charge in [-0.3, -0.25) is 24.9 Å². The zero-order valence-electron chi connectivity index (χ0n) is 19.3. The van der Waals surface area contributed by atoms with E-state index in [0.717, 1.165) is 63.6 Å². The molecule has 36 heavy (non-hydrogen) atoms. The van der Waals surface area contributed by atoms with Crippen LogP contribution < -0.4 is 5.32 Å². The van der Waals surface area contributed by atoms with Crippen molar-refractivity contribution >= 4 is 39.7 Å². The number of pyridine rings is 2. The Morgan fingerprint density at radius 3 is 2.78 bits per heavy atom. The number of nitrogens with one attached hydrogen (secondary N) is 3. The molecule has 176 valence electrons. The molecule has 1 unspecified atom stereocenters. The van der Waals surface area contributed by atoms with E-state index in [2.05, 4.69) is 47.6 Å². The molecule has 0 saturated heterocycles. The molecule has 2 aliphatic rings. The van der Waals surface area contributed by atoms with Crippen molar-refractivity contribution in [2.24, 2.45) is 10.9 Å². The molecular formula is C27H22N8O. The van der Waals surface area contributed by atoms with E-state index in [0.29, 0.717) is 11.5 Å². The molecule has 0 spiro atoms. The minimum absolute atomic E-state index is 0.0660. The lowest BCUT2D eigenvalue weighted by Crippen LogP contribution is -2.13. The number of allylic oxidation sites excluding steroid dienone is 1. The molecule has 1 saturated carbocycles. The second-order valence-electron chi connectivity index (χ2n) is 9.28. The monoisotopic (exact) mass is 474 g/mol. The summed E-state index contributed by atoms with van der Waals surface area (Å²) < 4.78 is 0. The highest BCUT2D eigenvalue weighted by molar-refractivity contribution is 5.97. The molecule has 1 atom stereocenters. The Hall–Kier alpha value is -4.66. The number of hydrogen-bond donors (Lipinski definition) is 3. The normalized spacial score (nSPS) is 17.2. The lowest BCUT2D eigenvalue weighted by Gasteiger charge is -2.12. The highest BCUT2D eigenvalue weighted by Crippen LogP contribution is 2.34. The first kappa shape index (κ1) is 20.7. The smallest absolute Gasteiger partial charge is 0.227 e. The summed E-state index contributed by atoms with van der Waals surface area (Å²) in [5.41, 5.74) is 7.07. The molecule has 1 aliphatic heterocycles. The number of carbonyl (C=O) groups is 1. The van der Waals surface area contributed by atoms with Crippen LogP contribution in [0.3, 0.4) is 0 Å². The standard InChI is InChI=1S/C27H22N8O/c36-27(16-1-2-16)31-19-9-18(11-29-12-19)17-3-4-22-20(10-17)25(35-34-22)26-32-23-14-30-13-21(24(23)33-26)15-5-7-28-8-6-15/h3-5,7-16H,1-2,6H2,(H,31,36)(H,32,33)(H,34,35). The van der Waals surface area contributed by atoms with Gasteiger partial charge in [0, 0.05) is 53.2 Å². The average Bonchev–Trinajstić information content (AvgIpc) is 3.55. The van der Waals surface area contributed by atoms with Crippen LogP contribution in [-0.2, 0) is 4.79 Å². The van der Waals surface area contributed by atoms with Crippen molar-refractivity contribution in [2.45, 2.75) is 25.2 Å². The number of anilines is 1. The molecule has 5 heterocycles. The van der Waals surface area contributed by atoms with Crippen molar-refractivity contribution in [3.63, 3.8) is 0 Å². The van der Waals surface area contributed by atoms with Gasteiger partial charge in [-0.25, -0.2) is 4.98 Å². The Kier molecular flexibility index (Phi) is 4.73. The van der Waals surface area contributed by atoms with Crippen molar-refractivity contribution in [3.8, 4) is 22.6 Å². The van der Waals surface area contributed by atoms with E-state index in [4.69, 9.17) is 4.98 Å². The summed E-state index contributed by atoms with van der Waals surface area (Å²) in [6.07, 6.45) is 15.7. The molecule has 7 rings (SSSR count). The zero-order valence-corrected chi connectivity index (χ0v) is 19.3. The topological polar surface area (TPSA) is 125 Å². The third-order valence-corrected chi connectivity index (χ3v) is 6.77. The summed E-state index contributed by atoms with van der Waals surface area (Å²) in [5.74, 6) is 1.08. The molecule has 1 fully saturated rings. The predicted octanol–water partition coefficient (Wildman–Crippen LogP) is 4.98. The summed E-state index contributed by atoms with van der Waals surface area (Å²) >= 11 is 0. The molecule has 1 aromatic carbocycles. The third kappa shape index (κ3) is 3.65. The molecule has 0 radical (unpaired) electrons. The summed E-state index contributed by atoms with van der Waals surface area (Å²) in [5, 5.41) is 11.6. The molecule has 3 N–H and O–H groups in total. The molecule has 1 amide bonds. The van der Waals surface area contributed by atoms with Gasteiger partial charge in [-0.05, 0) is 43.0 Å². The number of nitrogens with zero attached hydrogens (tertiary/aromatic N) is 5. The number of rotatable bonds is 5. The first-order chi connectivity index (χ1) is 17.7. The number of carbonyl (C=O) groups excluding carboxylic acids is 1. The van der Waals surface area contributed by atoms with Crippen molar-refractivity contribution in [3.05, 3.63) is 66.9 Å². The number of fused-ring (bicyclic) bond motifs is 2. The molecule has 9 nitrogen and oxygen atoms in total. The number of hydrogen-bond acceptors (Lipinski definition) is 6. The van der Waals surface area contributed by atoms with Crippen LogP contribution in [0.4, 0.5) is 5.69 Å². The minimum atomic E-state index is 0.0660. The van der Waals surface area contributed by atoms with Crippen LogP contribution in [0, 0.1) is 5.92 Å². The summed E-state index contributed by atoms with van der Waals surface area (Å²) in [4.78, 5) is 33.5. The van der Waals surface area contributed by atoms with E-state index >= 15 is 0 Å². The van der Waals surface area contributed by atoms with E-state index in [1.165, 1.54) is 0 Å². The number of imidazole rings is 1. The van der Waals surface area contributed by atoms with E-state index in [1.807, 2.05) is 36.8 Å². The van der Waals surface area contributed by atoms with Gasteiger partial charge >= 0.3 is 0 Å². The van der Waals surface area contributed by atoms with Crippen LogP contribution in [0.1, 0.15) is 30.7 Å². The van der Waals surface area contributed by atoms with Gasteiger partial charge in [0.25, 0.3) is 0 Å². The van der Waals surface area contributed by atoms with Gasteiger partial charge < -0.3 is 10.3 Å². The molecule has 0 bridgehead atoms. The Bertz CT molecular complexity index is 1690. The first-order valence-corrected chi connectivity index (χ1v) is 12.0. The van der Waals surface area contributed by atoms with E-state index in [1.54, 1.807) is 18.6 Å². The van der Waals surface area contributed by atoms with E-state index in [9.17, 15) is 4.79 Å². The van der Waals surface area contributed by atoms with Crippen molar-refractivity contribution in [2.75, 3.05) is 5.32 Å². The van der Waals surface area contributed by atoms with E-state index < -0.39 is 0 Å². The van der Waals surface area contributed by atoms with Crippen LogP contribution in [0.5, 0.6) is 0 Å². The van der Waals surface area contributed by atoms with Gasteiger partial charge in [0.15, 0.2) is 5.82 Å². The van der Waals surface area contributed by atoms with Gasteiger partial charge in [0.2, 0.25) is 5.91 Å². The highest BCUT2D eigenvalue weighted by atomic mass is 16.2. The number of amides is 1. The second-order valence-corrected chi connectivity index (χ2v) is 9.28. The Labute approximate surface area is 205 Å². The highest BCUT2D eigenvalue weighted by Gasteiger charge is 2.29. The zero-order chi connectivity index (χ0) is 24.1. The third-order valence-electron chi connectivity index (χ3n) is 6.77. The molecule has 4 aromatic heterocycles. The summed E-state index contributed by atoms with van der Waals surface area (Å²) in [6, 6.07) is 8.04. The van der Waals surface area contributed by atoms with Crippen molar-refractivity contribution in [1.29, 1.82) is 0 Å². The number of H-pyrrole nitrogens is 2. The fourth-order valence-corrected chi connectivity index (χ4v) is 4.67. The van der Waals surface area contributed by atoms with E-state index in [-0.39, 0.29) is 17.7 Å². The Morgan fingerprint density at radius 1 is 1.00 bits per heavy atom. The lowest BCUT2D eigenvalue weighted by molar-refractivity contribution is -0.117. The van der Waals surface area contributed by atoms with Crippen LogP contribution in [0.15, 0.2) is 66.3 Å². The molecule has 5 aromatic rings. The fraction of sp³-hybridized carbons (Fsp3) is 0.185. The number of aromatic amines is 2. The van der Waals surface area contributed by atoms with Crippen molar-refractivity contribution in [1.82, 2.24) is 30.1 Å². The minimum Gasteiger partial charge on any atom is -0.335 e. The van der Waals surface area contributed by atoms with Crippen LogP contribution in [0.25, 0.3) is 44.6 Å². The lowest BCUT2D eigenvalue weighted by atomic mass is 9.96. The van der Waals surface area contributed by atoms with Gasteiger partial charge in [-0.1, -0.05) is 12.1 Å². The fourth-order valence-electron chi connectivity index (χ4n) is 4.67. The quantitative estimate of drug-likeness (QED) is 0.331. The maximum atomic E-state index is 12.2. The largest absolute Gasteiger partial charge is 0.335 e. The van der Waals surface area contributed by atoms with Gasteiger partial charge in [-0.2, -0.15) is 5.10 Å². The maximum Gasteiger partial charge on any atom is 0.227 e. The van der Waals surface area contributed by atoms with Gasteiger partial charge in [0.05, 0.1) is 34.6 Å².